The molecule has 6 heteroatoms. The van der Waals surface area contributed by atoms with Crippen molar-refractivity contribution < 1.29 is 9.66 Å². The molecule has 1 saturated heterocycles. The minimum atomic E-state index is -0.351. The molecule has 1 aromatic rings. The van der Waals surface area contributed by atoms with Gasteiger partial charge < -0.3 is 15.4 Å². The fourth-order valence-corrected chi connectivity index (χ4v) is 2.52. The van der Waals surface area contributed by atoms with Crippen molar-refractivity contribution in [1.82, 2.24) is 0 Å². The third-order valence-electron chi connectivity index (χ3n) is 3.58. The number of benzene rings is 1. The number of hydrogen-bond acceptors (Lipinski definition) is 5. The highest BCUT2D eigenvalue weighted by Crippen LogP contribution is 2.39. The molecule has 110 valence electrons. The van der Waals surface area contributed by atoms with E-state index in [0.717, 1.165) is 25.9 Å². The van der Waals surface area contributed by atoms with E-state index in [9.17, 15) is 10.1 Å². The maximum absolute atomic E-state index is 11.4. The van der Waals surface area contributed by atoms with Crippen molar-refractivity contribution >= 4 is 11.4 Å². The van der Waals surface area contributed by atoms with Gasteiger partial charge in [0, 0.05) is 13.1 Å². The van der Waals surface area contributed by atoms with Gasteiger partial charge in [0.25, 0.3) is 0 Å². The van der Waals surface area contributed by atoms with Crippen molar-refractivity contribution in [3.05, 3.63) is 28.3 Å². The van der Waals surface area contributed by atoms with Gasteiger partial charge >= 0.3 is 5.69 Å². The van der Waals surface area contributed by atoms with Gasteiger partial charge in [-0.3, -0.25) is 10.1 Å². The summed E-state index contributed by atoms with van der Waals surface area (Å²) in [5.41, 5.74) is 6.39. The average molecular weight is 279 g/mol. The van der Waals surface area contributed by atoms with E-state index < -0.39 is 0 Å². The first kappa shape index (κ1) is 14.6. The number of hydrogen-bond donors (Lipinski definition) is 1. The minimum Gasteiger partial charge on any atom is -0.487 e. The number of rotatable bonds is 6. The number of ether oxygens (including phenoxy) is 1. The van der Waals surface area contributed by atoms with Gasteiger partial charge in [-0.1, -0.05) is 13.0 Å². The summed E-state index contributed by atoms with van der Waals surface area (Å²) in [5, 5.41) is 11.4. The van der Waals surface area contributed by atoms with Gasteiger partial charge in [-0.15, -0.1) is 0 Å². The third kappa shape index (κ3) is 3.01. The number of nitro benzene ring substituents is 1. The number of anilines is 1. The first-order chi connectivity index (χ1) is 9.67. The monoisotopic (exact) mass is 279 g/mol. The van der Waals surface area contributed by atoms with E-state index in [-0.39, 0.29) is 10.6 Å². The molecule has 1 aliphatic heterocycles. The van der Waals surface area contributed by atoms with Gasteiger partial charge in [-0.25, -0.2) is 0 Å². The molecule has 2 rings (SSSR count). The third-order valence-corrected chi connectivity index (χ3v) is 3.58. The summed E-state index contributed by atoms with van der Waals surface area (Å²) in [4.78, 5) is 13.1. The second kappa shape index (κ2) is 6.56. The zero-order valence-corrected chi connectivity index (χ0v) is 11.7. The fourth-order valence-electron chi connectivity index (χ4n) is 2.52. The lowest BCUT2D eigenvalue weighted by atomic mass is 10.1. The summed E-state index contributed by atoms with van der Waals surface area (Å²) in [7, 11) is 0. The Labute approximate surface area is 118 Å². The highest BCUT2D eigenvalue weighted by molar-refractivity contribution is 5.70. The Morgan fingerprint density at radius 1 is 1.55 bits per heavy atom. The van der Waals surface area contributed by atoms with Gasteiger partial charge in [0.05, 0.1) is 11.5 Å². The van der Waals surface area contributed by atoms with Crippen LogP contribution in [0.15, 0.2) is 18.2 Å². The SMILES string of the molecule is CCCOc1cccc(N2CCC(CN)C2)c1[N+](=O)[O-]. The highest BCUT2D eigenvalue weighted by atomic mass is 16.6. The van der Waals surface area contributed by atoms with Crippen LogP contribution in [-0.4, -0.2) is 31.2 Å². The molecule has 0 spiro atoms. The summed E-state index contributed by atoms with van der Waals surface area (Å²) in [6, 6.07) is 5.26. The number of nitrogens with two attached hydrogens (primary N) is 1. The molecule has 0 bridgehead atoms. The standard InChI is InChI=1S/C14H21N3O3/c1-2-8-20-13-5-3-4-12(14(13)17(18)19)16-7-6-11(9-15)10-16/h3-5,11H,2,6-10,15H2,1H3. The van der Waals surface area contributed by atoms with E-state index in [1.54, 1.807) is 12.1 Å². The van der Waals surface area contributed by atoms with Crippen LogP contribution in [0.5, 0.6) is 5.75 Å². The lowest BCUT2D eigenvalue weighted by Crippen LogP contribution is -2.23. The number of para-hydroxylation sites is 1. The summed E-state index contributed by atoms with van der Waals surface area (Å²) < 4.78 is 5.51. The molecule has 0 amide bonds. The molecule has 1 unspecified atom stereocenters. The molecule has 1 fully saturated rings. The summed E-state index contributed by atoms with van der Waals surface area (Å²) in [6.45, 7) is 4.66. The predicted molar refractivity (Wildman–Crippen MR) is 78.3 cm³/mol. The van der Waals surface area contributed by atoms with Crippen LogP contribution in [0.25, 0.3) is 0 Å². The van der Waals surface area contributed by atoms with E-state index in [0.29, 0.717) is 30.5 Å². The van der Waals surface area contributed by atoms with Crippen LogP contribution in [0.4, 0.5) is 11.4 Å². The number of nitrogens with zero attached hydrogens (tertiary/aromatic N) is 2. The maximum Gasteiger partial charge on any atom is 0.333 e. The Bertz CT molecular complexity index is 479. The molecule has 1 aliphatic rings. The van der Waals surface area contributed by atoms with Crippen LogP contribution < -0.4 is 15.4 Å². The predicted octanol–water partition coefficient (Wildman–Crippen LogP) is 2.17. The van der Waals surface area contributed by atoms with Crippen LogP contribution in [0.2, 0.25) is 0 Å². The van der Waals surface area contributed by atoms with Gasteiger partial charge in [-0.2, -0.15) is 0 Å². The Morgan fingerprint density at radius 2 is 2.35 bits per heavy atom. The van der Waals surface area contributed by atoms with Crippen LogP contribution in [0.1, 0.15) is 19.8 Å². The maximum atomic E-state index is 11.4. The van der Waals surface area contributed by atoms with Gasteiger partial charge in [-0.05, 0) is 37.4 Å². The molecule has 1 aromatic carbocycles. The lowest BCUT2D eigenvalue weighted by Gasteiger charge is -2.19. The smallest absolute Gasteiger partial charge is 0.333 e. The van der Waals surface area contributed by atoms with E-state index >= 15 is 0 Å². The second-order valence-electron chi connectivity index (χ2n) is 5.07. The lowest BCUT2D eigenvalue weighted by molar-refractivity contribution is -0.385. The molecule has 0 radical (unpaired) electrons. The van der Waals surface area contributed by atoms with Crippen LogP contribution in [0.3, 0.4) is 0 Å². The van der Waals surface area contributed by atoms with Crippen molar-refractivity contribution in [3.8, 4) is 5.75 Å². The fraction of sp³-hybridized carbons (Fsp3) is 0.571. The Morgan fingerprint density at radius 3 is 2.95 bits per heavy atom. The van der Waals surface area contributed by atoms with Gasteiger partial charge in [0.2, 0.25) is 0 Å². The molecular weight excluding hydrogens is 258 g/mol. The zero-order chi connectivity index (χ0) is 14.5. The number of nitro groups is 1. The Hall–Kier alpha value is -1.82. The molecule has 0 saturated carbocycles. The van der Waals surface area contributed by atoms with Crippen molar-refractivity contribution in [2.75, 3.05) is 31.1 Å². The topological polar surface area (TPSA) is 81.6 Å². The molecule has 1 atom stereocenters. The van der Waals surface area contributed by atoms with Crippen molar-refractivity contribution in [2.24, 2.45) is 11.7 Å². The normalized spacial score (nSPS) is 18.3. The van der Waals surface area contributed by atoms with Crippen molar-refractivity contribution in [3.63, 3.8) is 0 Å². The largest absolute Gasteiger partial charge is 0.487 e. The summed E-state index contributed by atoms with van der Waals surface area (Å²) >= 11 is 0. The average Bonchev–Trinajstić information content (AvgIpc) is 2.93. The van der Waals surface area contributed by atoms with Crippen LogP contribution in [-0.2, 0) is 0 Å². The highest BCUT2D eigenvalue weighted by Gasteiger charge is 2.29. The molecule has 20 heavy (non-hydrogen) atoms. The molecular formula is C14H21N3O3. The Balaban J connectivity index is 2.30. The van der Waals surface area contributed by atoms with Crippen LogP contribution in [0, 0.1) is 16.0 Å². The van der Waals surface area contributed by atoms with E-state index in [1.165, 1.54) is 0 Å². The van der Waals surface area contributed by atoms with Gasteiger partial charge in [0.15, 0.2) is 5.75 Å². The van der Waals surface area contributed by atoms with Gasteiger partial charge in [0.1, 0.15) is 5.69 Å². The van der Waals surface area contributed by atoms with E-state index in [2.05, 4.69) is 0 Å². The second-order valence-corrected chi connectivity index (χ2v) is 5.07. The van der Waals surface area contributed by atoms with Crippen LogP contribution >= 0.6 is 0 Å². The summed E-state index contributed by atoms with van der Waals surface area (Å²) in [6.07, 6.45) is 1.80. The van der Waals surface area contributed by atoms with E-state index in [1.807, 2.05) is 17.9 Å². The van der Waals surface area contributed by atoms with Crippen molar-refractivity contribution in [2.45, 2.75) is 19.8 Å². The van der Waals surface area contributed by atoms with E-state index in [4.69, 9.17) is 10.5 Å². The first-order valence-electron chi connectivity index (χ1n) is 7.02. The molecule has 0 aliphatic carbocycles. The first-order valence-corrected chi connectivity index (χ1v) is 7.02. The molecule has 6 nitrogen and oxygen atoms in total. The summed E-state index contributed by atoms with van der Waals surface area (Å²) in [5.74, 6) is 0.764. The quantitative estimate of drug-likeness (QED) is 0.637. The molecule has 0 aromatic heterocycles. The van der Waals surface area contributed by atoms with Crippen molar-refractivity contribution in [1.29, 1.82) is 0 Å². The zero-order valence-electron chi connectivity index (χ0n) is 11.7. The Kier molecular flexibility index (Phi) is 4.79. The minimum absolute atomic E-state index is 0.0682. The molecule has 1 heterocycles. The molecule has 2 N–H and O–H groups in total.